The maximum absolute atomic E-state index is 12.2. The summed E-state index contributed by atoms with van der Waals surface area (Å²) in [5.74, 6) is -0.0994. The van der Waals surface area contributed by atoms with Gasteiger partial charge in [-0.05, 0) is 58.3 Å². The van der Waals surface area contributed by atoms with Gasteiger partial charge in [0.1, 0.15) is 5.69 Å². The van der Waals surface area contributed by atoms with Crippen LogP contribution >= 0.6 is 0 Å². The van der Waals surface area contributed by atoms with Gasteiger partial charge in [0, 0.05) is 31.5 Å². The lowest BCUT2D eigenvalue weighted by Crippen LogP contribution is -2.26. The SMILES string of the molecule is CN(C)CCNc1ccnc(C(=O)NCCC2=CCCCC2)c1. The Bertz CT molecular complexity index is 540. The van der Waals surface area contributed by atoms with Gasteiger partial charge in [-0.25, -0.2) is 0 Å². The fraction of sp³-hybridized carbons (Fsp3) is 0.556. The molecular weight excluding hydrogens is 288 g/mol. The van der Waals surface area contributed by atoms with Crippen LogP contribution in [-0.2, 0) is 0 Å². The molecule has 5 heteroatoms. The lowest BCUT2D eigenvalue weighted by atomic mass is 9.97. The van der Waals surface area contributed by atoms with E-state index in [-0.39, 0.29) is 5.91 Å². The zero-order valence-electron chi connectivity index (χ0n) is 14.3. The molecule has 0 aromatic carbocycles. The first-order valence-corrected chi connectivity index (χ1v) is 8.46. The summed E-state index contributed by atoms with van der Waals surface area (Å²) in [5, 5.41) is 6.28. The maximum Gasteiger partial charge on any atom is 0.269 e. The van der Waals surface area contributed by atoms with E-state index in [1.807, 2.05) is 26.2 Å². The van der Waals surface area contributed by atoms with Crippen LogP contribution in [0.1, 0.15) is 42.6 Å². The van der Waals surface area contributed by atoms with Gasteiger partial charge in [-0.1, -0.05) is 11.6 Å². The highest BCUT2D eigenvalue weighted by Crippen LogP contribution is 2.19. The number of hydrogen-bond donors (Lipinski definition) is 2. The van der Waals surface area contributed by atoms with Crippen LogP contribution in [0.25, 0.3) is 0 Å². The number of hydrogen-bond acceptors (Lipinski definition) is 4. The summed E-state index contributed by atoms with van der Waals surface area (Å²) in [6.07, 6.45) is 9.90. The maximum atomic E-state index is 12.2. The van der Waals surface area contributed by atoms with E-state index in [1.165, 1.54) is 31.3 Å². The molecule has 0 spiro atoms. The Hall–Kier alpha value is -1.88. The first-order chi connectivity index (χ1) is 11.1. The molecule has 2 rings (SSSR count). The zero-order valence-corrected chi connectivity index (χ0v) is 14.3. The van der Waals surface area contributed by atoms with Gasteiger partial charge in [-0.2, -0.15) is 0 Å². The first-order valence-electron chi connectivity index (χ1n) is 8.46. The third-order valence-electron chi connectivity index (χ3n) is 4.00. The standard InChI is InChI=1S/C18H28N4O/c1-22(2)13-12-19-16-9-11-20-17(14-16)18(23)21-10-8-15-6-4-3-5-7-15/h6,9,11,14H,3-5,7-8,10,12-13H2,1-2H3,(H,19,20)(H,21,23). The minimum absolute atomic E-state index is 0.0994. The highest BCUT2D eigenvalue weighted by Gasteiger charge is 2.09. The number of carbonyl (C=O) groups is 1. The van der Waals surface area contributed by atoms with Gasteiger partial charge in [0.25, 0.3) is 5.91 Å². The number of rotatable bonds is 8. The Morgan fingerprint density at radius 3 is 2.91 bits per heavy atom. The number of nitrogens with zero attached hydrogens (tertiary/aromatic N) is 2. The van der Waals surface area contributed by atoms with Gasteiger partial charge in [0.05, 0.1) is 0 Å². The van der Waals surface area contributed by atoms with E-state index in [4.69, 9.17) is 0 Å². The van der Waals surface area contributed by atoms with Crippen LogP contribution in [0.3, 0.4) is 0 Å². The quantitative estimate of drug-likeness (QED) is 0.724. The summed E-state index contributed by atoms with van der Waals surface area (Å²) in [6.45, 7) is 2.47. The van der Waals surface area contributed by atoms with Gasteiger partial charge in [0.2, 0.25) is 0 Å². The lowest BCUT2D eigenvalue weighted by Gasteiger charge is -2.13. The molecule has 1 aliphatic rings. The number of amides is 1. The Morgan fingerprint density at radius 1 is 1.30 bits per heavy atom. The van der Waals surface area contributed by atoms with Crippen molar-refractivity contribution in [2.45, 2.75) is 32.1 Å². The zero-order chi connectivity index (χ0) is 16.5. The van der Waals surface area contributed by atoms with Crippen molar-refractivity contribution in [3.8, 4) is 0 Å². The van der Waals surface area contributed by atoms with Crippen molar-refractivity contribution in [1.82, 2.24) is 15.2 Å². The molecule has 0 radical (unpaired) electrons. The Morgan fingerprint density at radius 2 is 2.17 bits per heavy atom. The number of pyridine rings is 1. The molecule has 0 unspecified atom stereocenters. The monoisotopic (exact) mass is 316 g/mol. The van der Waals surface area contributed by atoms with Gasteiger partial charge < -0.3 is 15.5 Å². The molecule has 0 fully saturated rings. The second kappa shape index (κ2) is 9.30. The van der Waals surface area contributed by atoms with Gasteiger partial charge in [-0.3, -0.25) is 9.78 Å². The number of anilines is 1. The molecule has 2 N–H and O–H groups in total. The molecule has 0 aliphatic heterocycles. The normalized spacial score (nSPS) is 14.5. The predicted molar refractivity (Wildman–Crippen MR) is 94.8 cm³/mol. The van der Waals surface area contributed by atoms with E-state index >= 15 is 0 Å². The van der Waals surface area contributed by atoms with E-state index in [9.17, 15) is 4.79 Å². The third kappa shape index (κ3) is 6.40. The molecule has 1 amide bonds. The Balaban J connectivity index is 1.78. The second-order valence-electron chi connectivity index (χ2n) is 6.27. The molecule has 23 heavy (non-hydrogen) atoms. The summed E-state index contributed by atoms with van der Waals surface area (Å²) in [5.41, 5.74) is 2.88. The summed E-state index contributed by atoms with van der Waals surface area (Å²) in [4.78, 5) is 18.5. The number of likely N-dealkylation sites (N-methyl/N-ethyl adjacent to an activating group) is 1. The second-order valence-corrected chi connectivity index (χ2v) is 6.27. The van der Waals surface area contributed by atoms with Crippen LogP contribution < -0.4 is 10.6 Å². The largest absolute Gasteiger partial charge is 0.384 e. The molecule has 0 bridgehead atoms. The van der Waals surface area contributed by atoms with Crippen molar-refractivity contribution in [3.05, 3.63) is 35.7 Å². The van der Waals surface area contributed by atoms with E-state index < -0.39 is 0 Å². The Labute approximate surface area is 139 Å². The fourth-order valence-electron chi connectivity index (χ4n) is 2.65. The average Bonchev–Trinajstić information content (AvgIpc) is 2.56. The van der Waals surface area contributed by atoms with Crippen molar-refractivity contribution in [3.63, 3.8) is 0 Å². The topological polar surface area (TPSA) is 57.3 Å². The summed E-state index contributed by atoms with van der Waals surface area (Å²) in [6, 6.07) is 3.70. The molecule has 1 heterocycles. The summed E-state index contributed by atoms with van der Waals surface area (Å²) < 4.78 is 0. The van der Waals surface area contributed by atoms with Crippen LogP contribution in [-0.4, -0.2) is 49.5 Å². The van der Waals surface area contributed by atoms with E-state index in [0.29, 0.717) is 12.2 Å². The van der Waals surface area contributed by atoms with Crippen molar-refractivity contribution < 1.29 is 4.79 Å². The number of allylic oxidation sites excluding steroid dienone is 1. The number of nitrogens with one attached hydrogen (secondary N) is 2. The Kier molecular flexibility index (Phi) is 7.07. The van der Waals surface area contributed by atoms with E-state index in [2.05, 4.69) is 26.6 Å². The molecule has 1 aromatic heterocycles. The molecule has 0 saturated carbocycles. The van der Waals surface area contributed by atoms with Gasteiger partial charge >= 0.3 is 0 Å². The minimum atomic E-state index is -0.0994. The molecule has 5 nitrogen and oxygen atoms in total. The van der Waals surface area contributed by atoms with Crippen LogP contribution in [0.15, 0.2) is 30.0 Å². The van der Waals surface area contributed by atoms with Gasteiger partial charge in [-0.15, -0.1) is 0 Å². The van der Waals surface area contributed by atoms with Crippen LogP contribution in [0.4, 0.5) is 5.69 Å². The highest BCUT2D eigenvalue weighted by molar-refractivity contribution is 5.93. The molecule has 126 valence electrons. The van der Waals surface area contributed by atoms with E-state index in [0.717, 1.165) is 25.2 Å². The van der Waals surface area contributed by atoms with Crippen LogP contribution in [0.2, 0.25) is 0 Å². The lowest BCUT2D eigenvalue weighted by molar-refractivity contribution is 0.0949. The van der Waals surface area contributed by atoms with Crippen molar-refractivity contribution in [2.24, 2.45) is 0 Å². The van der Waals surface area contributed by atoms with Crippen LogP contribution in [0.5, 0.6) is 0 Å². The fourth-order valence-corrected chi connectivity index (χ4v) is 2.65. The number of aromatic nitrogens is 1. The first kappa shape index (κ1) is 17.5. The molecule has 1 aliphatic carbocycles. The molecule has 0 saturated heterocycles. The minimum Gasteiger partial charge on any atom is -0.384 e. The number of carbonyl (C=O) groups excluding carboxylic acids is 1. The van der Waals surface area contributed by atoms with Gasteiger partial charge in [0.15, 0.2) is 0 Å². The molecule has 0 atom stereocenters. The molecular formula is C18H28N4O. The summed E-state index contributed by atoms with van der Waals surface area (Å²) in [7, 11) is 4.07. The smallest absolute Gasteiger partial charge is 0.269 e. The van der Waals surface area contributed by atoms with E-state index in [1.54, 1.807) is 6.20 Å². The third-order valence-corrected chi connectivity index (χ3v) is 4.00. The average molecular weight is 316 g/mol. The van der Waals surface area contributed by atoms with Crippen molar-refractivity contribution in [2.75, 3.05) is 39.0 Å². The van der Waals surface area contributed by atoms with Crippen molar-refractivity contribution >= 4 is 11.6 Å². The van der Waals surface area contributed by atoms with Crippen LogP contribution in [0, 0.1) is 0 Å². The highest BCUT2D eigenvalue weighted by atomic mass is 16.1. The molecule has 1 aromatic rings. The summed E-state index contributed by atoms with van der Waals surface area (Å²) >= 11 is 0. The van der Waals surface area contributed by atoms with Crippen molar-refractivity contribution in [1.29, 1.82) is 0 Å². The predicted octanol–water partition coefficient (Wildman–Crippen LogP) is 2.68.